The molecule has 1 aromatic rings. The molecule has 1 aromatic carbocycles. The van der Waals surface area contributed by atoms with Crippen molar-refractivity contribution in [2.45, 2.75) is 37.7 Å². The zero-order valence-electron chi connectivity index (χ0n) is 11.5. The molecule has 0 heterocycles. The number of hydrogen-bond donors (Lipinski definition) is 2. The fourth-order valence-corrected chi connectivity index (χ4v) is 2.37. The van der Waals surface area contributed by atoms with Crippen LogP contribution in [-0.2, 0) is 4.79 Å². The second-order valence-electron chi connectivity index (χ2n) is 4.96. The summed E-state index contributed by atoms with van der Waals surface area (Å²) in [4.78, 5) is 11.8. The quantitative estimate of drug-likeness (QED) is 0.876. The molecule has 1 amide bonds. The third-order valence-corrected chi connectivity index (χ3v) is 3.85. The number of nitrogens with one attached hydrogen (secondary N) is 1. The standard InChI is InChI=1S/C14H16ClF2NO3/c1-2-21-11-9(15)5-3-6-10(11)18-12(19)14(16,17)13(20)7-4-8-13/h3,5-6,20H,2,4,7-8H2,1H3,(H,18,19). The number of anilines is 1. The molecule has 1 aliphatic rings. The van der Waals surface area contributed by atoms with Crippen molar-refractivity contribution in [3.63, 3.8) is 0 Å². The second kappa shape index (κ2) is 5.77. The molecule has 0 spiro atoms. The highest BCUT2D eigenvalue weighted by molar-refractivity contribution is 6.32. The summed E-state index contributed by atoms with van der Waals surface area (Å²) >= 11 is 5.92. The summed E-state index contributed by atoms with van der Waals surface area (Å²) in [5, 5.41) is 12.0. The molecule has 0 atom stereocenters. The van der Waals surface area contributed by atoms with Crippen molar-refractivity contribution < 1.29 is 23.4 Å². The summed E-state index contributed by atoms with van der Waals surface area (Å²) in [5.41, 5.74) is -2.21. The van der Waals surface area contributed by atoms with Crippen molar-refractivity contribution in [1.29, 1.82) is 0 Å². The van der Waals surface area contributed by atoms with Gasteiger partial charge < -0.3 is 15.2 Å². The number of carbonyl (C=O) groups excluding carboxylic acids is 1. The van der Waals surface area contributed by atoms with Crippen molar-refractivity contribution in [1.82, 2.24) is 0 Å². The summed E-state index contributed by atoms with van der Waals surface area (Å²) < 4.78 is 33.3. The van der Waals surface area contributed by atoms with Crippen LogP contribution in [0.3, 0.4) is 0 Å². The summed E-state index contributed by atoms with van der Waals surface area (Å²) in [6, 6.07) is 4.45. The summed E-state index contributed by atoms with van der Waals surface area (Å²) in [7, 11) is 0. The van der Waals surface area contributed by atoms with Gasteiger partial charge in [0.25, 0.3) is 5.91 Å². The van der Waals surface area contributed by atoms with Gasteiger partial charge in [-0.2, -0.15) is 8.78 Å². The van der Waals surface area contributed by atoms with Gasteiger partial charge in [0, 0.05) is 0 Å². The van der Waals surface area contributed by atoms with Crippen LogP contribution in [0.4, 0.5) is 14.5 Å². The van der Waals surface area contributed by atoms with Gasteiger partial charge in [0.2, 0.25) is 0 Å². The van der Waals surface area contributed by atoms with Crippen LogP contribution in [-0.4, -0.2) is 29.1 Å². The summed E-state index contributed by atoms with van der Waals surface area (Å²) in [6.45, 7) is 1.98. The van der Waals surface area contributed by atoms with E-state index in [2.05, 4.69) is 5.32 Å². The van der Waals surface area contributed by atoms with Gasteiger partial charge in [-0.15, -0.1) is 0 Å². The number of rotatable bonds is 5. The van der Waals surface area contributed by atoms with Gasteiger partial charge in [0.15, 0.2) is 5.75 Å². The Kier molecular flexibility index (Phi) is 4.39. The van der Waals surface area contributed by atoms with E-state index in [1.165, 1.54) is 18.2 Å². The van der Waals surface area contributed by atoms with Crippen LogP contribution in [0.25, 0.3) is 0 Å². The van der Waals surface area contributed by atoms with Crippen LogP contribution in [0, 0.1) is 0 Å². The van der Waals surface area contributed by atoms with E-state index in [0.717, 1.165) is 0 Å². The molecule has 116 valence electrons. The average molecular weight is 320 g/mol. The topological polar surface area (TPSA) is 58.6 Å². The minimum absolute atomic E-state index is 0.0527. The van der Waals surface area contributed by atoms with Gasteiger partial charge in [-0.25, -0.2) is 0 Å². The number of ether oxygens (including phenoxy) is 1. The monoisotopic (exact) mass is 319 g/mol. The number of para-hydroxylation sites is 1. The minimum atomic E-state index is -3.86. The second-order valence-corrected chi connectivity index (χ2v) is 5.37. The lowest BCUT2D eigenvalue weighted by molar-refractivity contribution is -0.212. The molecule has 1 fully saturated rings. The van der Waals surface area contributed by atoms with Crippen molar-refractivity contribution >= 4 is 23.2 Å². The van der Waals surface area contributed by atoms with Crippen molar-refractivity contribution in [3.8, 4) is 5.75 Å². The normalized spacial score (nSPS) is 17.0. The van der Waals surface area contributed by atoms with Crippen LogP contribution in [0.5, 0.6) is 5.75 Å². The van der Waals surface area contributed by atoms with Crippen LogP contribution in [0.2, 0.25) is 5.02 Å². The van der Waals surface area contributed by atoms with Crippen LogP contribution < -0.4 is 10.1 Å². The van der Waals surface area contributed by atoms with Gasteiger partial charge in [0.1, 0.15) is 5.60 Å². The highest BCUT2D eigenvalue weighted by atomic mass is 35.5. The molecule has 1 aliphatic carbocycles. The first-order valence-corrected chi connectivity index (χ1v) is 7.02. The van der Waals surface area contributed by atoms with E-state index in [1.54, 1.807) is 6.92 Å². The van der Waals surface area contributed by atoms with Crippen molar-refractivity contribution in [3.05, 3.63) is 23.2 Å². The first-order chi connectivity index (χ1) is 9.82. The Morgan fingerprint density at radius 3 is 2.71 bits per heavy atom. The van der Waals surface area contributed by atoms with E-state index < -0.39 is 17.4 Å². The number of aliphatic hydroxyl groups is 1. The molecule has 4 nitrogen and oxygen atoms in total. The lowest BCUT2D eigenvalue weighted by Crippen LogP contribution is -2.59. The van der Waals surface area contributed by atoms with Gasteiger partial charge in [-0.05, 0) is 38.3 Å². The number of carbonyl (C=O) groups is 1. The molecule has 0 aromatic heterocycles. The lowest BCUT2D eigenvalue weighted by Gasteiger charge is -2.41. The van der Waals surface area contributed by atoms with Crippen molar-refractivity contribution in [2.75, 3.05) is 11.9 Å². The van der Waals surface area contributed by atoms with Crippen LogP contribution >= 0.6 is 11.6 Å². The molecule has 21 heavy (non-hydrogen) atoms. The molecule has 0 radical (unpaired) electrons. The molecular weight excluding hydrogens is 304 g/mol. The number of amides is 1. The van der Waals surface area contributed by atoms with E-state index in [9.17, 15) is 18.7 Å². The fraction of sp³-hybridized carbons (Fsp3) is 0.500. The maximum Gasteiger partial charge on any atom is 0.352 e. The maximum absolute atomic E-state index is 14.0. The molecule has 0 unspecified atom stereocenters. The van der Waals surface area contributed by atoms with E-state index in [0.29, 0.717) is 6.42 Å². The van der Waals surface area contributed by atoms with E-state index in [-0.39, 0.29) is 35.9 Å². The maximum atomic E-state index is 14.0. The molecule has 7 heteroatoms. The smallest absolute Gasteiger partial charge is 0.352 e. The predicted molar refractivity (Wildman–Crippen MR) is 75.0 cm³/mol. The molecule has 0 saturated heterocycles. The third-order valence-electron chi connectivity index (χ3n) is 3.55. The summed E-state index contributed by atoms with van der Waals surface area (Å²) in [5.74, 6) is -5.30. The van der Waals surface area contributed by atoms with E-state index in [4.69, 9.17) is 16.3 Å². The first-order valence-electron chi connectivity index (χ1n) is 6.65. The predicted octanol–water partition coefficient (Wildman–Crippen LogP) is 3.23. The highest BCUT2D eigenvalue weighted by Crippen LogP contribution is 2.45. The molecule has 1 saturated carbocycles. The number of benzene rings is 1. The molecule has 2 N–H and O–H groups in total. The highest BCUT2D eigenvalue weighted by Gasteiger charge is 2.61. The zero-order chi connectivity index (χ0) is 15.7. The third kappa shape index (κ3) is 2.82. The first kappa shape index (κ1) is 16.0. The number of halogens is 3. The zero-order valence-corrected chi connectivity index (χ0v) is 12.2. The Bertz CT molecular complexity index is 547. The lowest BCUT2D eigenvalue weighted by atomic mass is 9.75. The molecule has 0 bridgehead atoms. The van der Waals surface area contributed by atoms with E-state index in [1.807, 2.05) is 0 Å². The van der Waals surface area contributed by atoms with Gasteiger partial charge in [-0.3, -0.25) is 4.79 Å². The Morgan fingerprint density at radius 2 is 2.19 bits per heavy atom. The average Bonchev–Trinajstić information content (AvgIpc) is 2.39. The Labute approximate surface area is 126 Å². The number of alkyl halides is 2. The molecule has 2 rings (SSSR count). The van der Waals surface area contributed by atoms with Gasteiger partial charge >= 0.3 is 5.92 Å². The molecular formula is C14H16ClF2NO3. The largest absolute Gasteiger partial charge is 0.490 e. The van der Waals surface area contributed by atoms with Gasteiger partial charge in [-0.1, -0.05) is 17.7 Å². The Morgan fingerprint density at radius 1 is 1.52 bits per heavy atom. The minimum Gasteiger partial charge on any atom is -0.490 e. The van der Waals surface area contributed by atoms with Gasteiger partial charge in [0.05, 0.1) is 17.3 Å². The molecule has 0 aliphatic heterocycles. The number of hydrogen-bond acceptors (Lipinski definition) is 3. The van der Waals surface area contributed by atoms with Crippen LogP contribution in [0.15, 0.2) is 18.2 Å². The van der Waals surface area contributed by atoms with Crippen LogP contribution in [0.1, 0.15) is 26.2 Å². The fourth-order valence-electron chi connectivity index (χ4n) is 2.14. The Hall–Kier alpha value is -1.40. The van der Waals surface area contributed by atoms with E-state index >= 15 is 0 Å². The Balaban J connectivity index is 2.22. The summed E-state index contributed by atoms with van der Waals surface area (Å²) in [6.07, 6.45) is 0.281. The SMILES string of the molecule is CCOc1c(Cl)cccc1NC(=O)C(F)(F)C1(O)CCC1. The van der Waals surface area contributed by atoms with Crippen molar-refractivity contribution in [2.24, 2.45) is 0 Å².